The first-order valence-electron chi connectivity index (χ1n) is 8.35. The van der Waals surface area contributed by atoms with Gasteiger partial charge in [0, 0.05) is 6.07 Å². The van der Waals surface area contributed by atoms with Gasteiger partial charge in [0.1, 0.15) is 11.5 Å². The third kappa shape index (κ3) is 5.41. The third-order valence-electron chi connectivity index (χ3n) is 3.70. The van der Waals surface area contributed by atoms with Gasteiger partial charge in [-0.3, -0.25) is 4.79 Å². The molecule has 0 fully saturated rings. The molecule has 0 saturated carbocycles. The van der Waals surface area contributed by atoms with E-state index in [1.165, 1.54) is 5.56 Å². The number of rotatable bonds is 6. The van der Waals surface area contributed by atoms with E-state index in [-0.39, 0.29) is 17.9 Å². The summed E-state index contributed by atoms with van der Waals surface area (Å²) in [5, 5.41) is 2.74. The first-order chi connectivity index (χ1) is 11.8. The molecular formula is C20H26N2O3. The van der Waals surface area contributed by atoms with Crippen LogP contribution in [-0.4, -0.2) is 19.1 Å². The highest BCUT2D eigenvalue weighted by molar-refractivity contribution is 5.95. The molecule has 0 aromatic heterocycles. The van der Waals surface area contributed by atoms with Gasteiger partial charge >= 0.3 is 0 Å². The van der Waals surface area contributed by atoms with Crippen LogP contribution in [0, 0.1) is 0 Å². The molecule has 134 valence electrons. The van der Waals surface area contributed by atoms with Gasteiger partial charge in [-0.1, -0.05) is 32.9 Å². The van der Waals surface area contributed by atoms with E-state index in [1.54, 1.807) is 18.2 Å². The first-order valence-corrected chi connectivity index (χ1v) is 8.35. The highest BCUT2D eigenvalue weighted by Crippen LogP contribution is 2.25. The molecule has 3 N–H and O–H groups in total. The fourth-order valence-corrected chi connectivity index (χ4v) is 2.30. The van der Waals surface area contributed by atoms with Gasteiger partial charge in [0.25, 0.3) is 5.91 Å². The molecule has 0 spiro atoms. The van der Waals surface area contributed by atoms with Crippen LogP contribution >= 0.6 is 0 Å². The number of hydrogen-bond acceptors (Lipinski definition) is 4. The van der Waals surface area contributed by atoms with E-state index in [0.29, 0.717) is 29.5 Å². The van der Waals surface area contributed by atoms with Crippen molar-refractivity contribution in [3.63, 3.8) is 0 Å². The lowest BCUT2D eigenvalue weighted by Crippen LogP contribution is -2.21. The molecule has 0 bridgehead atoms. The molecule has 2 aromatic carbocycles. The van der Waals surface area contributed by atoms with E-state index in [9.17, 15) is 4.79 Å². The highest BCUT2D eigenvalue weighted by Gasteiger charge is 2.13. The van der Waals surface area contributed by atoms with Crippen molar-refractivity contribution in [2.24, 2.45) is 0 Å². The van der Waals surface area contributed by atoms with Crippen LogP contribution in [0.15, 0.2) is 42.5 Å². The van der Waals surface area contributed by atoms with Crippen molar-refractivity contribution in [1.82, 2.24) is 0 Å². The predicted octanol–water partition coefficient (Wildman–Crippen LogP) is 3.98. The Labute approximate surface area is 149 Å². The predicted molar refractivity (Wildman–Crippen MR) is 101 cm³/mol. The van der Waals surface area contributed by atoms with Crippen molar-refractivity contribution in [3.8, 4) is 11.5 Å². The number of nitrogen functional groups attached to an aromatic ring is 1. The normalized spacial score (nSPS) is 11.0. The number of anilines is 2. The van der Waals surface area contributed by atoms with E-state index >= 15 is 0 Å². The van der Waals surface area contributed by atoms with Crippen molar-refractivity contribution in [2.75, 3.05) is 24.3 Å². The lowest BCUT2D eigenvalue weighted by atomic mass is 9.87. The van der Waals surface area contributed by atoms with Gasteiger partial charge in [0.05, 0.1) is 18.0 Å². The molecule has 0 heterocycles. The second-order valence-corrected chi connectivity index (χ2v) is 6.79. The van der Waals surface area contributed by atoms with Crippen LogP contribution < -0.4 is 20.5 Å². The monoisotopic (exact) mass is 342 g/mol. The molecule has 0 saturated heterocycles. The van der Waals surface area contributed by atoms with Crippen molar-refractivity contribution in [3.05, 3.63) is 48.0 Å². The lowest BCUT2D eigenvalue weighted by Gasteiger charge is -2.19. The Hall–Kier alpha value is -2.69. The Kier molecular flexibility index (Phi) is 5.91. The Balaban J connectivity index is 1.90. The second kappa shape index (κ2) is 7.92. The molecule has 0 radical (unpaired) electrons. The van der Waals surface area contributed by atoms with Crippen molar-refractivity contribution in [2.45, 2.75) is 33.1 Å². The van der Waals surface area contributed by atoms with Crippen LogP contribution in [0.1, 0.15) is 33.3 Å². The van der Waals surface area contributed by atoms with E-state index < -0.39 is 0 Å². The molecule has 2 rings (SSSR count). The largest absolute Gasteiger partial charge is 0.494 e. The molecule has 5 nitrogen and oxygen atoms in total. The molecule has 0 atom stereocenters. The summed E-state index contributed by atoms with van der Waals surface area (Å²) in [5.74, 6) is 1.06. The average molecular weight is 342 g/mol. The molecule has 5 heteroatoms. The quantitative estimate of drug-likeness (QED) is 0.779. The fraction of sp³-hybridized carbons (Fsp3) is 0.350. The van der Waals surface area contributed by atoms with E-state index in [1.807, 2.05) is 31.2 Å². The Bertz CT molecular complexity index is 719. The Morgan fingerprint density at radius 1 is 1.04 bits per heavy atom. The number of amides is 1. The summed E-state index contributed by atoms with van der Waals surface area (Å²) >= 11 is 0. The molecule has 0 aliphatic rings. The third-order valence-corrected chi connectivity index (χ3v) is 3.70. The van der Waals surface area contributed by atoms with Crippen LogP contribution in [-0.2, 0) is 10.2 Å². The average Bonchev–Trinajstić information content (AvgIpc) is 2.55. The first kappa shape index (κ1) is 18.6. The number of ether oxygens (including phenoxy) is 2. The maximum absolute atomic E-state index is 12.1. The van der Waals surface area contributed by atoms with Crippen LogP contribution in [0.2, 0.25) is 0 Å². The topological polar surface area (TPSA) is 73.6 Å². The van der Waals surface area contributed by atoms with Crippen LogP contribution in [0.4, 0.5) is 11.4 Å². The van der Waals surface area contributed by atoms with Gasteiger partial charge < -0.3 is 20.5 Å². The van der Waals surface area contributed by atoms with E-state index in [0.717, 1.165) is 0 Å². The summed E-state index contributed by atoms with van der Waals surface area (Å²) in [5.41, 5.74) is 8.22. The zero-order valence-corrected chi connectivity index (χ0v) is 15.3. The minimum absolute atomic E-state index is 0.0818. The zero-order valence-electron chi connectivity index (χ0n) is 15.3. The summed E-state index contributed by atoms with van der Waals surface area (Å²) in [6, 6.07) is 12.9. The van der Waals surface area contributed by atoms with Gasteiger partial charge in [0.2, 0.25) is 0 Å². The lowest BCUT2D eigenvalue weighted by molar-refractivity contribution is -0.118. The standard InChI is InChI=1S/C20H26N2O3/c1-5-24-16-10-11-18(17(21)12-16)22-19(23)13-25-15-8-6-14(7-9-15)20(2,3)4/h6-12H,5,13,21H2,1-4H3,(H,22,23). The number of carbonyl (C=O) groups is 1. The number of nitrogens with one attached hydrogen (secondary N) is 1. The van der Waals surface area contributed by atoms with Crippen LogP contribution in [0.25, 0.3) is 0 Å². The highest BCUT2D eigenvalue weighted by atomic mass is 16.5. The molecular weight excluding hydrogens is 316 g/mol. The Morgan fingerprint density at radius 3 is 2.24 bits per heavy atom. The summed E-state index contributed by atoms with van der Waals surface area (Å²) in [7, 11) is 0. The second-order valence-electron chi connectivity index (χ2n) is 6.79. The van der Waals surface area contributed by atoms with Gasteiger partial charge in [-0.25, -0.2) is 0 Å². The summed E-state index contributed by atoms with van der Waals surface area (Å²) < 4.78 is 10.9. The fourth-order valence-electron chi connectivity index (χ4n) is 2.30. The molecule has 25 heavy (non-hydrogen) atoms. The van der Waals surface area contributed by atoms with Crippen molar-refractivity contribution in [1.29, 1.82) is 0 Å². The van der Waals surface area contributed by atoms with E-state index in [2.05, 4.69) is 26.1 Å². The maximum Gasteiger partial charge on any atom is 0.262 e. The molecule has 2 aromatic rings. The minimum Gasteiger partial charge on any atom is -0.494 e. The van der Waals surface area contributed by atoms with Crippen molar-refractivity contribution < 1.29 is 14.3 Å². The molecule has 1 amide bonds. The smallest absolute Gasteiger partial charge is 0.262 e. The number of hydrogen-bond donors (Lipinski definition) is 2. The maximum atomic E-state index is 12.1. The van der Waals surface area contributed by atoms with Gasteiger partial charge in [-0.15, -0.1) is 0 Å². The van der Waals surface area contributed by atoms with Crippen molar-refractivity contribution >= 4 is 17.3 Å². The minimum atomic E-state index is -0.268. The van der Waals surface area contributed by atoms with Crippen LogP contribution in [0.5, 0.6) is 11.5 Å². The molecule has 0 aliphatic heterocycles. The zero-order chi connectivity index (χ0) is 18.4. The van der Waals surface area contributed by atoms with E-state index in [4.69, 9.17) is 15.2 Å². The number of carbonyl (C=O) groups excluding carboxylic acids is 1. The van der Waals surface area contributed by atoms with Crippen LogP contribution in [0.3, 0.4) is 0 Å². The van der Waals surface area contributed by atoms with Gasteiger partial charge in [-0.05, 0) is 42.2 Å². The van der Waals surface area contributed by atoms with Gasteiger partial charge in [-0.2, -0.15) is 0 Å². The summed E-state index contributed by atoms with van der Waals surface area (Å²) in [6.45, 7) is 8.83. The SMILES string of the molecule is CCOc1ccc(NC(=O)COc2ccc(C(C)(C)C)cc2)c(N)c1. The number of nitrogens with two attached hydrogens (primary N) is 1. The summed E-state index contributed by atoms with van der Waals surface area (Å²) in [4.78, 5) is 12.1. The number of benzene rings is 2. The Morgan fingerprint density at radius 2 is 1.68 bits per heavy atom. The molecule has 0 unspecified atom stereocenters. The molecule has 0 aliphatic carbocycles. The van der Waals surface area contributed by atoms with Gasteiger partial charge in [0.15, 0.2) is 6.61 Å². The summed E-state index contributed by atoms with van der Waals surface area (Å²) in [6.07, 6.45) is 0.